The maximum atomic E-state index is 4.17. The van der Waals surface area contributed by atoms with Gasteiger partial charge in [0.25, 0.3) is 0 Å². The zero-order chi connectivity index (χ0) is 10.6. The Balaban J connectivity index is 2.47. The van der Waals surface area contributed by atoms with Crippen LogP contribution >= 0.6 is 15.9 Å². The summed E-state index contributed by atoms with van der Waals surface area (Å²) in [6, 6.07) is 4.48. The van der Waals surface area contributed by atoms with Gasteiger partial charge in [-0.15, -0.1) is 0 Å². The van der Waals surface area contributed by atoms with Gasteiger partial charge in [0.15, 0.2) is 0 Å². The van der Waals surface area contributed by atoms with Gasteiger partial charge in [-0.3, -0.25) is 0 Å². The fourth-order valence-electron chi connectivity index (χ4n) is 1.51. The van der Waals surface area contributed by atoms with Crippen molar-refractivity contribution in [2.24, 2.45) is 5.92 Å². The van der Waals surface area contributed by atoms with Crippen LogP contribution in [0.5, 0.6) is 0 Å². The molecule has 0 saturated carbocycles. The number of nitrogens with zero attached hydrogens (tertiary/aromatic N) is 1. The van der Waals surface area contributed by atoms with Crippen LogP contribution in [0.3, 0.4) is 0 Å². The molecule has 3 heteroatoms. The van der Waals surface area contributed by atoms with Crippen LogP contribution in [0.1, 0.15) is 27.2 Å². The van der Waals surface area contributed by atoms with Gasteiger partial charge in [-0.1, -0.05) is 13.8 Å². The maximum absolute atomic E-state index is 4.17. The molecule has 0 radical (unpaired) electrons. The molecule has 78 valence electrons. The highest BCUT2D eigenvalue weighted by molar-refractivity contribution is 9.10. The Labute approximate surface area is 94.3 Å². The molecule has 1 aromatic heterocycles. The lowest BCUT2D eigenvalue weighted by atomic mass is 10.1. The lowest BCUT2D eigenvalue weighted by molar-refractivity contribution is 0.539. The van der Waals surface area contributed by atoms with Gasteiger partial charge in [0, 0.05) is 6.04 Å². The minimum absolute atomic E-state index is 0.498. The summed E-state index contributed by atoms with van der Waals surface area (Å²) >= 11 is 3.31. The molecule has 1 rings (SSSR count). The molecule has 1 aromatic rings. The smallest absolute Gasteiger partial charge is 0.106 e. The Morgan fingerprint density at radius 2 is 2.07 bits per heavy atom. The second-order valence-electron chi connectivity index (χ2n) is 4.04. The monoisotopic (exact) mass is 256 g/mol. The summed E-state index contributed by atoms with van der Waals surface area (Å²) in [6.07, 6.45) is 3.02. The lowest BCUT2D eigenvalue weighted by Gasteiger charge is -2.16. The number of hydrogen-bond acceptors (Lipinski definition) is 2. The van der Waals surface area contributed by atoms with E-state index in [9.17, 15) is 0 Å². The normalized spacial score (nSPS) is 12.9. The molecule has 0 aliphatic heterocycles. The summed E-state index contributed by atoms with van der Waals surface area (Å²) in [4.78, 5) is 4.17. The van der Waals surface area contributed by atoms with Crippen LogP contribution in [0, 0.1) is 5.92 Å². The SMILES string of the molecule is CC(C)CC(C)Nc1ccc(Br)nc1. The largest absolute Gasteiger partial charge is 0.381 e. The molecule has 0 fully saturated rings. The van der Waals surface area contributed by atoms with Gasteiger partial charge in [0.05, 0.1) is 11.9 Å². The Bertz CT molecular complexity index is 269. The van der Waals surface area contributed by atoms with Crippen molar-refractivity contribution in [3.05, 3.63) is 22.9 Å². The number of hydrogen-bond donors (Lipinski definition) is 1. The predicted octanol–water partition coefficient (Wildman–Crippen LogP) is 3.69. The first-order chi connectivity index (χ1) is 6.58. The molecule has 0 saturated heterocycles. The summed E-state index contributed by atoms with van der Waals surface area (Å²) in [6.45, 7) is 6.66. The van der Waals surface area contributed by atoms with Crippen molar-refractivity contribution in [3.8, 4) is 0 Å². The summed E-state index contributed by atoms with van der Waals surface area (Å²) in [5.41, 5.74) is 1.08. The average molecular weight is 257 g/mol. The Hall–Kier alpha value is -0.570. The Morgan fingerprint density at radius 3 is 2.57 bits per heavy atom. The van der Waals surface area contributed by atoms with Gasteiger partial charge in [-0.25, -0.2) is 4.98 Å². The van der Waals surface area contributed by atoms with Crippen LogP contribution in [0.25, 0.3) is 0 Å². The fourth-order valence-corrected chi connectivity index (χ4v) is 1.75. The molecule has 2 nitrogen and oxygen atoms in total. The van der Waals surface area contributed by atoms with Crippen molar-refractivity contribution < 1.29 is 0 Å². The van der Waals surface area contributed by atoms with Gasteiger partial charge in [-0.05, 0) is 47.3 Å². The van der Waals surface area contributed by atoms with E-state index >= 15 is 0 Å². The number of anilines is 1. The molecule has 1 N–H and O–H groups in total. The summed E-state index contributed by atoms with van der Waals surface area (Å²) < 4.78 is 0.875. The molecule has 1 unspecified atom stereocenters. The van der Waals surface area contributed by atoms with E-state index < -0.39 is 0 Å². The third-order valence-electron chi connectivity index (χ3n) is 1.97. The third-order valence-corrected chi connectivity index (χ3v) is 2.43. The maximum Gasteiger partial charge on any atom is 0.106 e. The number of aromatic nitrogens is 1. The summed E-state index contributed by atoms with van der Waals surface area (Å²) in [5.74, 6) is 0.723. The number of nitrogens with one attached hydrogen (secondary N) is 1. The predicted molar refractivity (Wildman–Crippen MR) is 64.5 cm³/mol. The van der Waals surface area contributed by atoms with Crippen molar-refractivity contribution in [2.45, 2.75) is 33.2 Å². The zero-order valence-electron chi connectivity index (χ0n) is 8.92. The third kappa shape index (κ3) is 4.09. The van der Waals surface area contributed by atoms with E-state index in [-0.39, 0.29) is 0 Å². The van der Waals surface area contributed by atoms with Crippen LogP contribution in [0.2, 0.25) is 0 Å². The minimum Gasteiger partial charge on any atom is -0.381 e. The quantitative estimate of drug-likeness (QED) is 0.832. The minimum atomic E-state index is 0.498. The van der Waals surface area contributed by atoms with Gasteiger partial charge in [0.1, 0.15) is 4.60 Å². The molecule has 0 aliphatic carbocycles. The molecule has 0 amide bonds. The Kier molecular flexibility index (Phi) is 4.39. The van der Waals surface area contributed by atoms with Gasteiger partial charge < -0.3 is 5.32 Å². The first kappa shape index (κ1) is 11.5. The van der Waals surface area contributed by atoms with Crippen LogP contribution in [0.4, 0.5) is 5.69 Å². The highest BCUT2D eigenvalue weighted by atomic mass is 79.9. The first-order valence-corrected chi connectivity index (χ1v) is 5.75. The van der Waals surface area contributed by atoms with Crippen LogP contribution in [0.15, 0.2) is 22.9 Å². The van der Waals surface area contributed by atoms with Crippen molar-refractivity contribution >= 4 is 21.6 Å². The average Bonchev–Trinajstić information content (AvgIpc) is 2.07. The topological polar surface area (TPSA) is 24.9 Å². The second-order valence-corrected chi connectivity index (χ2v) is 4.86. The number of pyridine rings is 1. The van der Waals surface area contributed by atoms with Crippen LogP contribution in [-0.4, -0.2) is 11.0 Å². The van der Waals surface area contributed by atoms with Gasteiger partial charge in [-0.2, -0.15) is 0 Å². The van der Waals surface area contributed by atoms with Crippen molar-refractivity contribution in [3.63, 3.8) is 0 Å². The molecule has 14 heavy (non-hydrogen) atoms. The molecule has 1 atom stereocenters. The molecular formula is C11H17BrN2. The van der Waals surface area contributed by atoms with Crippen molar-refractivity contribution in [1.82, 2.24) is 4.98 Å². The molecular weight excluding hydrogens is 240 g/mol. The van der Waals surface area contributed by atoms with E-state index in [0.717, 1.165) is 16.2 Å². The van der Waals surface area contributed by atoms with Gasteiger partial charge in [0.2, 0.25) is 0 Å². The van der Waals surface area contributed by atoms with Crippen molar-refractivity contribution in [1.29, 1.82) is 0 Å². The van der Waals surface area contributed by atoms with E-state index in [1.165, 1.54) is 6.42 Å². The van der Waals surface area contributed by atoms with E-state index in [1.54, 1.807) is 0 Å². The zero-order valence-corrected chi connectivity index (χ0v) is 10.5. The fraction of sp³-hybridized carbons (Fsp3) is 0.545. The van der Waals surface area contributed by atoms with Gasteiger partial charge >= 0.3 is 0 Å². The molecule has 1 heterocycles. The first-order valence-electron chi connectivity index (χ1n) is 4.96. The molecule has 0 bridgehead atoms. The van der Waals surface area contributed by atoms with E-state index in [4.69, 9.17) is 0 Å². The summed E-state index contributed by atoms with van der Waals surface area (Å²) in [5, 5.41) is 3.42. The number of halogens is 1. The molecule has 0 aromatic carbocycles. The van der Waals surface area contributed by atoms with E-state index in [0.29, 0.717) is 6.04 Å². The highest BCUT2D eigenvalue weighted by Crippen LogP contribution is 2.14. The van der Waals surface area contributed by atoms with Crippen LogP contribution < -0.4 is 5.32 Å². The van der Waals surface area contributed by atoms with Crippen molar-refractivity contribution in [2.75, 3.05) is 5.32 Å². The number of rotatable bonds is 4. The Morgan fingerprint density at radius 1 is 1.36 bits per heavy atom. The molecule has 0 spiro atoms. The lowest BCUT2D eigenvalue weighted by Crippen LogP contribution is -2.17. The van der Waals surface area contributed by atoms with Crippen LogP contribution in [-0.2, 0) is 0 Å². The summed E-state index contributed by atoms with van der Waals surface area (Å²) in [7, 11) is 0. The standard InChI is InChI=1S/C11H17BrN2/c1-8(2)6-9(3)14-10-4-5-11(12)13-7-10/h4-5,7-9,14H,6H2,1-3H3. The highest BCUT2D eigenvalue weighted by Gasteiger charge is 2.04. The second kappa shape index (κ2) is 5.35. The molecule has 0 aliphatic rings. The van der Waals surface area contributed by atoms with E-state index in [1.807, 2.05) is 18.3 Å². The van der Waals surface area contributed by atoms with E-state index in [2.05, 4.69) is 47.0 Å².